The number of carbonyl (C=O) groups excluding carboxylic acids is 1. The predicted molar refractivity (Wildman–Crippen MR) is 105 cm³/mol. The third kappa shape index (κ3) is 3.48. The molecule has 2 aromatic rings. The molecule has 142 valence electrons. The van der Waals surface area contributed by atoms with E-state index < -0.39 is 0 Å². The van der Waals surface area contributed by atoms with Gasteiger partial charge in [-0.2, -0.15) is 0 Å². The van der Waals surface area contributed by atoms with Crippen molar-refractivity contribution in [1.82, 2.24) is 9.80 Å². The summed E-state index contributed by atoms with van der Waals surface area (Å²) in [4.78, 5) is 16.7. The van der Waals surface area contributed by atoms with Crippen molar-refractivity contribution in [2.75, 3.05) is 19.6 Å². The molecule has 0 saturated carbocycles. The molecule has 3 atom stereocenters. The third-order valence-electron chi connectivity index (χ3n) is 6.04. The standard InChI is InChI=1S/C22H24ClFN2O/c1-14-5-3-4-6-18(14)22-19-13-25(11-17(19)12-26(22)15(2)27)10-16-7-8-20(23)21(24)9-16/h3-9,17,19,22H,10-13H2,1-2H3/t17-,19-,22+/m1/s1. The van der Waals surface area contributed by atoms with Crippen molar-refractivity contribution < 1.29 is 9.18 Å². The van der Waals surface area contributed by atoms with Gasteiger partial charge in [-0.1, -0.05) is 41.9 Å². The van der Waals surface area contributed by atoms with Crippen molar-refractivity contribution in [2.45, 2.75) is 26.4 Å². The Kier molecular flexibility index (Phi) is 4.95. The summed E-state index contributed by atoms with van der Waals surface area (Å²) in [5.74, 6) is 0.640. The number of benzene rings is 2. The van der Waals surface area contributed by atoms with Gasteiger partial charge in [-0.05, 0) is 41.7 Å². The molecule has 2 aromatic carbocycles. The van der Waals surface area contributed by atoms with Gasteiger partial charge in [-0.25, -0.2) is 4.39 Å². The highest BCUT2D eigenvalue weighted by molar-refractivity contribution is 6.30. The molecule has 4 rings (SSSR count). The Balaban J connectivity index is 1.56. The van der Waals surface area contributed by atoms with Crippen LogP contribution < -0.4 is 0 Å². The molecule has 2 saturated heterocycles. The highest BCUT2D eigenvalue weighted by Crippen LogP contribution is 2.46. The number of likely N-dealkylation sites (tertiary alicyclic amines) is 2. The van der Waals surface area contributed by atoms with E-state index in [9.17, 15) is 9.18 Å². The zero-order valence-corrected chi connectivity index (χ0v) is 16.4. The second-order valence-electron chi connectivity index (χ2n) is 7.84. The second kappa shape index (κ2) is 7.25. The molecule has 3 nitrogen and oxygen atoms in total. The zero-order valence-electron chi connectivity index (χ0n) is 15.7. The van der Waals surface area contributed by atoms with Crippen molar-refractivity contribution in [3.05, 3.63) is 70.0 Å². The zero-order chi connectivity index (χ0) is 19.1. The molecule has 1 amide bonds. The highest BCUT2D eigenvalue weighted by atomic mass is 35.5. The van der Waals surface area contributed by atoms with Crippen LogP contribution in [0, 0.1) is 24.6 Å². The van der Waals surface area contributed by atoms with Gasteiger partial charge < -0.3 is 4.90 Å². The van der Waals surface area contributed by atoms with Crippen LogP contribution in [0.4, 0.5) is 4.39 Å². The maximum Gasteiger partial charge on any atom is 0.219 e. The number of rotatable bonds is 3. The van der Waals surface area contributed by atoms with Crippen LogP contribution in [0.15, 0.2) is 42.5 Å². The van der Waals surface area contributed by atoms with Crippen molar-refractivity contribution in [3.63, 3.8) is 0 Å². The summed E-state index contributed by atoms with van der Waals surface area (Å²) in [6.45, 7) is 7.13. The fourth-order valence-electron chi connectivity index (χ4n) is 4.80. The van der Waals surface area contributed by atoms with Crippen LogP contribution in [-0.2, 0) is 11.3 Å². The van der Waals surface area contributed by atoms with Crippen molar-refractivity contribution in [3.8, 4) is 0 Å². The van der Waals surface area contributed by atoms with Gasteiger partial charge in [0.15, 0.2) is 0 Å². The van der Waals surface area contributed by atoms with Crippen LogP contribution in [-0.4, -0.2) is 35.3 Å². The van der Waals surface area contributed by atoms with E-state index in [0.717, 1.165) is 25.2 Å². The molecule has 0 radical (unpaired) electrons. The number of carbonyl (C=O) groups is 1. The SMILES string of the molecule is CC(=O)N1C[C@H]2CN(Cc3ccc(Cl)c(F)c3)C[C@H]2[C@@H]1c1ccccc1C. The van der Waals surface area contributed by atoms with Gasteiger partial charge >= 0.3 is 0 Å². The second-order valence-corrected chi connectivity index (χ2v) is 8.25. The molecule has 0 N–H and O–H groups in total. The first-order chi connectivity index (χ1) is 12.9. The number of aryl methyl sites for hydroxylation is 1. The van der Waals surface area contributed by atoms with Crippen LogP contribution in [0.25, 0.3) is 0 Å². The molecule has 27 heavy (non-hydrogen) atoms. The number of amides is 1. The fourth-order valence-corrected chi connectivity index (χ4v) is 4.92. The van der Waals surface area contributed by atoms with Gasteiger partial charge in [0.2, 0.25) is 5.91 Å². The van der Waals surface area contributed by atoms with Gasteiger partial charge in [0, 0.05) is 39.0 Å². The first kappa shape index (κ1) is 18.5. The minimum atomic E-state index is -0.367. The molecular weight excluding hydrogens is 363 g/mol. The lowest BCUT2D eigenvalue weighted by Gasteiger charge is -2.30. The Hall–Kier alpha value is -1.91. The average Bonchev–Trinajstić information content (AvgIpc) is 3.16. The topological polar surface area (TPSA) is 23.6 Å². The summed E-state index contributed by atoms with van der Waals surface area (Å²) in [6.07, 6.45) is 0. The van der Waals surface area contributed by atoms with E-state index in [1.54, 1.807) is 13.0 Å². The molecule has 0 aliphatic carbocycles. The minimum Gasteiger partial charge on any atom is -0.335 e. The number of halogens is 2. The molecule has 0 bridgehead atoms. The van der Waals surface area contributed by atoms with E-state index in [0.29, 0.717) is 18.4 Å². The number of nitrogens with zero attached hydrogens (tertiary/aromatic N) is 2. The van der Waals surface area contributed by atoms with E-state index in [1.807, 2.05) is 17.0 Å². The van der Waals surface area contributed by atoms with Crippen molar-refractivity contribution >= 4 is 17.5 Å². The van der Waals surface area contributed by atoms with E-state index in [-0.39, 0.29) is 22.8 Å². The summed E-state index contributed by atoms with van der Waals surface area (Å²) in [5, 5.41) is 0.161. The number of hydrogen-bond donors (Lipinski definition) is 0. The van der Waals surface area contributed by atoms with Gasteiger partial charge in [-0.15, -0.1) is 0 Å². The number of hydrogen-bond acceptors (Lipinski definition) is 2. The lowest BCUT2D eigenvalue weighted by molar-refractivity contribution is -0.130. The first-order valence-electron chi connectivity index (χ1n) is 9.43. The highest BCUT2D eigenvalue weighted by Gasteiger charge is 2.48. The molecule has 2 aliphatic heterocycles. The molecule has 2 aliphatic rings. The molecule has 0 aromatic heterocycles. The summed E-state index contributed by atoms with van der Waals surface area (Å²) >= 11 is 5.80. The molecule has 0 spiro atoms. The number of fused-ring (bicyclic) bond motifs is 1. The Morgan fingerprint density at radius 2 is 1.96 bits per heavy atom. The predicted octanol–water partition coefficient (Wildman–Crippen LogP) is 4.44. The van der Waals surface area contributed by atoms with E-state index >= 15 is 0 Å². The van der Waals surface area contributed by atoms with Crippen LogP contribution >= 0.6 is 11.6 Å². The molecule has 2 fully saturated rings. The summed E-state index contributed by atoms with van der Waals surface area (Å²) < 4.78 is 13.8. The Labute approximate surface area is 164 Å². The smallest absolute Gasteiger partial charge is 0.219 e. The maximum atomic E-state index is 13.8. The van der Waals surface area contributed by atoms with Gasteiger partial charge in [0.25, 0.3) is 0 Å². The van der Waals surface area contributed by atoms with Crippen LogP contribution in [0.2, 0.25) is 5.02 Å². The van der Waals surface area contributed by atoms with E-state index in [4.69, 9.17) is 11.6 Å². The summed E-state index contributed by atoms with van der Waals surface area (Å²) in [5.41, 5.74) is 3.42. The Morgan fingerprint density at radius 1 is 1.19 bits per heavy atom. The minimum absolute atomic E-state index is 0.126. The Bertz CT molecular complexity index is 871. The third-order valence-corrected chi connectivity index (χ3v) is 6.35. The first-order valence-corrected chi connectivity index (χ1v) is 9.81. The lowest BCUT2D eigenvalue weighted by Crippen LogP contribution is -2.34. The molecule has 0 unspecified atom stereocenters. The van der Waals surface area contributed by atoms with Gasteiger partial charge in [-0.3, -0.25) is 9.69 Å². The van der Waals surface area contributed by atoms with E-state index in [2.05, 4.69) is 30.0 Å². The Morgan fingerprint density at radius 3 is 2.67 bits per heavy atom. The summed E-state index contributed by atoms with van der Waals surface area (Å²) in [6, 6.07) is 13.5. The molecule has 5 heteroatoms. The normalized spacial score (nSPS) is 25.0. The monoisotopic (exact) mass is 386 g/mol. The quantitative estimate of drug-likeness (QED) is 0.778. The lowest BCUT2D eigenvalue weighted by atomic mass is 9.87. The summed E-state index contributed by atoms with van der Waals surface area (Å²) in [7, 11) is 0. The van der Waals surface area contributed by atoms with Crippen LogP contribution in [0.5, 0.6) is 0 Å². The molecular formula is C22H24ClFN2O. The van der Waals surface area contributed by atoms with Gasteiger partial charge in [0.05, 0.1) is 11.1 Å². The van der Waals surface area contributed by atoms with Gasteiger partial charge in [0.1, 0.15) is 5.82 Å². The van der Waals surface area contributed by atoms with Crippen LogP contribution in [0.1, 0.15) is 29.7 Å². The van der Waals surface area contributed by atoms with Crippen LogP contribution in [0.3, 0.4) is 0 Å². The maximum absolute atomic E-state index is 13.8. The molecule has 2 heterocycles. The van der Waals surface area contributed by atoms with E-state index in [1.165, 1.54) is 17.2 Å². The average molecular weight is 387 g/mol. The largest absolute Gasteiger partial charge is 0.335 e. The van der Waals surface area contributed by atoms with Crippen molar-refractivity contribution in [2.24, 2.45) is 11.8 Å². The van der Waals surface area contributed by atoms with Crippen molar-refractivity contribution in [1.29, 1.82) is 0 Å². The fraction of sp³-hybridized carbons (Fsp3) is 0.409.